The summed E-state index contributed by atoms with van der Waals surface area (Å²) in [6.45, 7) is 2.29. The first-order valence-corrected chi connectivity index (χ1v) is 6.61. The number of rotatable bonds is 2. The monoisotopic (exact) mass is 250 g/mol. The van der Waals surface area contributed by atoms with Crippen molar-refractivity contribution in [1.82, 2.24) is 19.9 Å². The highest BCUT2D eigenvalue weighted by Crippen LogP contribution is 2.23. The Morgan fingerprint density at radius 3 is 2.50 bits per heavy atom. The predicted octanol–water partition coefficient (Wildman–Crippen LogP) is 0.621. The maximum atomic E-state index is 12.2. The minimum Gasteiger partial charge on any atom is -0.368 e. The Labute approximate surface area is 106 Å². The van der Waals surface area contributed by atoms with Crippen LogP contribution in [0.5, 0.6) is 0 Å². The summed E-state index contributed by atoms with van der Waals surface area (Å²) < 4.78 is 5.45. The van der Waals surface area contributed by atoms with Crippen molar-refractivity contribution in [3.8, 4) is 0 Å². The molecule has 0 aromatic carbocycles. The number of ether oxygens (including phenoxy) is 1. The zero-order valence-electron chi connectivity index (χ0n) is 10.4. The molecule has 0 bridgehead atoms. The minimum atomic E-state index is -0.190. The highest BCUT2D eigenvalue weighted by Gasteiger charge is 2.31. The molecule has 1 aromatic rings. The fourth-order valence-corrected chi connectivity index (χ4v) is 2.71. The molecule has 0 radical (unpaired) electrons. The Bertz CT molecular complexity index is 392. The van der Waals surface area contributed by atoms with Crippen LogP contribution in [0.15, 0.2) is 12.4 Å². The van der Waals surface area contributed by atoms with Crippen molar-refractivity contribution in [3.63, 3.8) is 0 Å². The van der Waals surface area contributed by atoms with Crippen molar-refractivity contribution in [3.05, 3.63) is 12.4 Å². The summed E-state index contributed by atoms with van der Waals surface area (Å²) in [4.78, 5) is 15.8. The van der Waals surface area contributed by atoms with E-state index in [1.54, 1.807) is 17.2 Å². The number of hydrogen-bond acceptors (Lipinski definition) is 4. The molecular weight excluding hydrogens is 232 g/mol. The Morgan fingerprint density at radius 1 is 1.17 bits per heavy atom. The number of likely N-dealkylation sites (tertiary alicyclic amines) is 1. The van der Waals surface area contributed by atoms with Gasteiger partial charge in [0.15, 0.2) is 0 Å². The van der Waals surface area contributed by atoms with Gasteiger partial charge in [-0.3, -0.25) is 4.79 Å². The summed E-state index contributed by atoms with van der Waals surface area (Å²) in [6.07, 6.45) is 6.93. The normalized spacial score (nSPS) is 25.6. The number of carbonyl (C=O) groups excluding carboxylic acids is 1. The van der Waals surface area contributed by atoms with Gasteiger partial charge in [0.05, 0.1) is 18.4 Å². The van der Waals surface area contributed by atoms with Crippen LogP contribution < -0.4 is 0 Å². The number of piperidine rings is 1. The van der Waals surface area contributed by atoms with E-state index in [1.165, 1.54) is 0 Å². The summed E-state index contributed by atoms with van der Waals surface area (Å²) in [5.74, 6) is 0.166. The van der Waals surface area contributed by atoms with Gasteiger partial charge in [0, 0.05) is 19.7 Å². The van der Waals surface area contributed by atoms with E-state index in [0.717, 1.165) is 45.4 Å². The smallest absolute Gasteiger partial charge is 0.251 e. The molecule has 98 valence electrons. The molecule has 2 aliphatic rings. The second-order valence-corrected chi connectivity index (χ2v) is 4.91. The second kappa shape index (κ2) is 5.06. The first kappa shape index (κ1) is 11.6. The summed E-state index contributed by atoms with van der Waals surface area (Å²) in [7, 11) is 0. The Hall–Kier alpha value is -1.43. The highest BCUT2D eigenvalue weighted by atomic mass is 16.5. The summed E-state index contributed by atoms with van der Waals surface area (Å²) >= 11 is 0. The van der Waals surface area contributed by atoms with Crippen LogP contribution in [-0.4, -0.2) is 51.6 Å². The molecule has 3 rings (SSSR count). The van der Waals surface area contributed by atoms with Gasteiger partial charge in [-0.1, -0.05) is 0 Å². The molecule has 1 unspecified atom stereocenters. The predicted molar refractivity (Wildman–Crippen MR) is 63.8 cm³/mol. The zero-order chi connectivity index (χ0) is 12.4. The molecule has 6 heteroatoms. The van der Waals surface area contributed by atoms with E-state index < -0.39 is 0 Å². The Balaban J connectivity index is 1.55. The van der Waals surface area contributed by atoms with Crippen LogP contribution in [0, 0.1) is 0 Å². The largest absolute Gasteiger partial charge is 0.368 e. The maximum absolute atomic E-state index is 12.2. The topological polar surface area (TPSA) is 60.2 Å². The lowest BCUT2D eigenvalue weighted by Crippen LogP contribution is -2.44. The summed E-state index contributed by atoms with van der Waals surface area (Å²) in [5.41, 5.74) is 0. The molecule has 6 nitrogen and oxygen atoms in total. The van der Waals surface area contributed by atoms with Crippen LogP contribution in [0.25, 0.3) is 0 Å². The summed E-state index contributed by atoms with van der Waals surface area (Å²) in [5, 5.41) is 8.33. The third kappa shape index (κ3) is 2.25. The molecule has 2 saturated heterocycles. The van der Waals surface area contributed by atoms with E-state index >= 15 is 0 Å². The van der Waals surface area contributed by atoms with Gasteiger partial charge in [-0.15, -0.1) is 0 Å². The fourth-order valence-electron chi connectivity index (χ4n) is 2.71. The molecule has 1 atom stereocenters. The van der Waals surface area contributed by atoms with Gasteiger partial charge in [-0.05, 0) is 25.7 Å². The molecule has 1 amide bonds. The molecule has 18 heavy (non-hydrogen) atoms. The fraction of sp³-hybridized carbons (Fsp3) is 0.750. The van der Waals surface area contributed by atoms with Crippen LogP contribution in [0.3, 0.4) is 0 Å². The van der Waals surface area contributed by atoms with E-state index in [9.17, 15) is 4.79 Å². The zero-order valence-corrected chi connectivity index (χ0v) is 10.4. The second-order valence-electron chi connectivity index (χ2n) is 4.91. The quantitative estimate of drug-likeness (QED) is 0.772. The van der Waals surface area contributed by atoms with E-state index in [2.05, 4.69) is 10.2 Å². The van der Waals surface area contributed by atoms with Crippen molar-refractivity contribution in [2.24, 2.45) is 0 Å². The molecule has 1 aromatic heterocycles. The van der Waals surface area contributed by atoms with Crippen LogP contribution in [-0.2, 0) is 9.53 Å². The number of hydrogen-bond donors (Lipinski definition) is 0. The highest BCUT2D eigenvalue weighted by molar-refractivity contribution is 5.81. The number of nitrogens with zero attached hydrogens (tertiary/aromatic N) is 4. The molecule has 0 saturated carbocycles. The van der Waals surface area contributed by atoms with Crippen molar-refractivity contribution >= 4 is 5.91 Å². The standard InChI is InChI=1S/C12H18N4O2/c17-12(11-2-1-9-18-11)15-7-3-10(4-8-15)16-13-5-6-14-16/h5-6,10-11H,1-4,7-9H2. The first-order valence-electron chi connectivity index (χ1n) is 6.61. The molecular formula is C12H18N4O2. The average Bonchev–Trinajstić information content (AvgIpc) is 3.11. The van der Waals surface area contributed by atoms with Gasteiger partial charge in [0.2, 0.25) is 0 Å². The van der Waals surface area contributed by atoms with E-state index in [-0.39, 0.29) is 12.0 Å². The molecule has 0 aliphatic carbocycles. The van der Waals surface area contributed by atoms with Crippen molar-refractivity contribution in [2.45, 2.75) is 37.8 Å². The van der Waals surface area contributed by atoms with Crippen LogP contribution >= 0.6 is 0 Å². The van der Waals surface area contributed by atoms with Gasteiger partial charge in [0.25, 0.3) is 5.91 Å². The van der Waals surface area contributed by atoms with E-state index in [0.29, 0.717) is 6.04 Å². The molecule has 2 aliphatic heterocycles. The molecule has 0 spiro atoms. The SMILES string of the molecule is O=C(C1CCCO1)N1CCC(n2nccn2)CC1. The van der Waals surface area contributed by atoms with Gasteiger partial charge >= 0.3 is 0 Å². The van der Waals surface area contributed by atoms with Gasteiger partial charge < -0.3 is 9.64 Å². The average molecular weight is 250 g/mol. The maximum Gasteiger partial charge on any atom is 0.251 e. The number of carbonyl (C=O) groups is 1. The third-order valence-corrected chi connectivity index (χ3v) is 3.74. The molecule has 3 heterocycles. The minimum absolute atomic E-state index is 0.166. The number of aromatic nitrogens is 3. The first-order chi connectivity index (χ1) is 8.84. The lowest BCUT2D eigenvalue weighted by Gasteiger charge is -2.32. The van der Waals surface area contributed by atoms with Crippen LogP contribution in [0.4, 0.5) is 0 Å². The lowest BCUT2D eigenvalue weighted by atomic mass is 10.0. The number of amides is 1. The van der Waals surface area contributed by atoms with E-state index in [4.69, 9.17) is 4.74 Å². The van der Waals surface area contributed by atoms with Crippen molar-refractivity contribution < 1.29 is 9.53 Å². The Morgan fingerprint density at radius 2 is 1.89 bits per heavy atom. The van der Waals surface area contributed by atoms with E-state index in [1.807, 2.05) is 4.90 Å². The lowest BCUT2D eigenvalue weighted by molar-refractivity contribution is -0.142. The van der Waals surface area contributed by atoms with Crippen molar-refractivity contribution in [1.29, 1.82) is 0 Å². The summed E-state index contributed by atoms with van der Waals surface area (Å²) in [6, 6.07) is 0.327. The Kier molecular flexibility index (Phi) is 3.27. The third-order valence-electron chi connectivity index (χ3n) is 3.74. The van der Waals surface area contributed by atoms with Crippen LogP contribution in [0.2, 0.25) is 0 Å². The van der Waals surface area contributed by atoms with Crippen LogP contribution in [0.1, 0.15) is 31.7 Å². The van der Waals surface area contributed by atoms with Crippen molar-refractivity contribution in [2.75, 3.05) is 19.7 Å². The van der Waals surface area contributed by atoms with Gasteiger partial charge in [-0.25, -0.2) is 0 Å². The molecule has 2 fully saturated rings. The van der Waals surface area contributed by atoms with Gasteiger partial charge in [-0.2, -0.15) is 15.0 Å². The van der Waals surface area contributed by atoms with Gasteiger partial charge in [0.1, 0.15) is 6.10 Å². The molecule has 0 N–H and O–H groups in total.